The molecule has 2 amide bonds. The maximum Gasteiger partial charge on any atom is 0.419 e. The van der Waals surface area contributed by atoms with E-state index in [0.717, 1.165) is 12.8 Å². The van der Waals surface area contributed by atoms with Crippen LogP contribution in [0.5, 0.6) is 0 Å². The number of nitrogens with one attached hydrogen (secondary N) is 1. The summed E-state index contributed by atoms with van der Waals surface area (Å²) >= 11 is 0. The van der Waals surface area contributed by atoms with E-state index in [-0.39, 0.29) is 23.3 Å². The summed E-state index contributed by atoms with van der Waals surface area (Å²) in [6.45, 7) is 5.23. The van der Waals surface area contributed by atoms with Crippen molar-refractivity contribution in [2.75, 3.05) is 13.1 Å². The van der Waals surface area contributed by atoms with Crippen molar-refractivity contribution in [2.24, 2.45) is 18.4 Å². The molecule has 7 heteroatoms. The summed E-state index contributed by atoms with van der Waals surface area (Å²) in [5, 5.41) is 3.02. The maximum atomic E-state index is 13.0. The highest BCUT2D eigenvalue weighted by atomic mass is 16.4. The number of β-lactam (4-membered cyclic amide) rings is 1. The zero-order valence-corrected chi connectivity index (χ0v) is 15.2. The largest absolute Gasteiger partial charge is 0.419 e. The fourth-order valence-electron chi connectivity index (χ4n) is 4.20. The minimum Gasteiger partial charge on any atom is -0.407 e. The second kappa shape index (κ2) is 5.72. The van der Waals surface area contributed by atoms with Crippen molar-refractivity contribution in [2.45, 2.75) is 32.7 Å². The second-order valence-corrected chi connectivity index (χ2v) is 7.88. The average Bonchev–Trinajstić information content (AvgIpc) is 2.93. The van der Waals surface area contributed by atoms with E-state index >= 15 is 0 Å². The number of hydrogen-bond acceptors (Lipinski definition) is 4. The van der Waals surface area contributed by atoms with Crippen LogP contribution in [0.4, 0.5) is 0 Å². The number of carbonyl (C=O) groups excluding carboxylic acids is 2. The number of nitrogens with zero attached hydrogens (tertiary/aromatic N) is 2. The number of oxazole rings is 1. The zero-order chi connectivity index (χ0) is 18.6. The monoisotopic (exact) mass is 357 g/mol. The van der Waals surface area contributed by atoms with Crippen LogP contribution in [0.1, 0.15) is 37.0 Å². The van der Waals surface area contributed by atoms with Crippen LogP contribution < -0.4 is 11.1 Å². The topological polar surface area (TPSA) is 84.6 Å². The first kappa shape index (κ1) is 16.9. The van der Waals surface area contributed by atoms with Crippen LogP contribution in [0, 0.1) is 11.3 Å². The predicted octanol–water partition coefficient (Wildman–Crippen LogP) is 1.51. The van der Waals surface area contributed by atoms with Gasteiger partial charge in [-0.25, -0.2) is 4.79 Å². The molecule has 0 spiro atoms. The first-order valence-electron chi connectivity index (χ1n) is 8.99. The van der Waals surface area contributed by atoms with Crippen LogP contribution >= 0.6 is 0 Å². The van der Waals surface area contributed by atoms with E-state index in [4.69, 9.17) is 4.42 Å². The lowest BCUT2D eigenvalue weighted by atomic mass is 9.68. The molecule has 2 aliphatic rings. The third kappa shape index (κ3) is 2.37. The molecule has 0 saturated carbocycles. The zero-order valence-electron chi connectivity index (χ0n) is 15.2. The van der Waals surface area contributed by atoms with Gasteiger partial charge in [0.25, 0.3) is 5.91 Å². The standard InChI is InChI=1S/C19H23N3O4/c1-19(2)15(20-17(19)24)11-7-9-22(10-8-11)16(23)12-5-4-6-13-14(12)26-18(25)21(13)3/h4-6,11,15H,7-10H2,1-3H3,(H,20,24). The fraction of sp³-hybridized carbons (Fsp3) is 0.526. The molecule has 0 bridgehead atoms. The van der Waals surface area contributed by atoms with E-state index in [1.54, 1.807) is 25.2 Å². The number of fused-ring (bicyclic) bond motifs is 1. The third-order valence-electron chi connectivity index (χ3n) is 6.00. The van der Waals surface area contributed by atoms with Gasteiger partial charge in [0.1, 0.15) is 0 Å². The van der Waals surface area contributed by atoms with Crippen molar-refractivity contribution in [1.82, 2.24) is 14.8 Å². The number of carbonyl (C=O) groups is 2. The summed E-state index contributed by atoms with van der Waals surface area (Å²) in [5.74, 6) is -0.0915. The smallest absolute Gasteiger partial charge is 0.407 e. The molecule has 26 heavy (non-hydrogen) atoms. The van der Waals surface area contributed by atoms with Crippen LogP contribution in [-0.2, 0) is 11.8 Å². The Morgan fingerprint density at radius 3 is 2.54 bits per heavy atom. The Morgan fingerprint density at radius 2 is 1.92 bits per heavy atom. The Balaban J connectivity index is 1.50. The van der Waals surface area contributed by atoms with Gasteiger partial charge >= 0.3 is 5.76 Å². The predicted molar refractivity (Wildman–Crippen MR) is 95.8 cm³/mol. The van der Waals surface area contributed by atoms with Crippen molar-refractivity contribution in [3.05, 3.63) is 34.3 Å². The molecule has 1 aromatic carbocycles. The van der Waals surface area contributed by atoms with Crippen molar-refractivity contribution in [3.63, 3.8) is 0 Å². The summed E-state index contributed by atoms with van der Waals surface area (Å²) in [6.07, 6.45) is 1.71. The number of amides is 2. The SMILES string of the molecule is Cn1c(=O)oc2c(C(=O)N3CCC(C4NC(=O)C4(C)C)CC3)cccc21. The Bertz CT molecular complexity index is 947. The van der Waals surface area contributed by atoms with E-state index in [9.17, 15) is 14.4 Å². The van der Waals surface area contributed by atoms with E-state index < -0.39 is 5.76 Å². The number of piperidine rings is 1. The molecule has 4 rings (SSSR count). The summed E-state index contributed by atoms with van der Waals surface area (Å²) in [5.41, 5.74) is 1.07. The molecule has 3 heterocycles. The lowest BCUT2D eigenvalue weighted by molar-refractivity contribution is -0.146. The summed E-state index contributed by atoms with van der Waals surface area (Å²) in [7, 11) is 1.63. The van der Waals surface area contributed by atoms with Gasteiger partial charge in [0.2, 0.25) is 5.91 Å². The number of rotatable bonds is 2. The summed E-state index contributed by atoms with van der Waals surface area (Å²) in [6, 6.07) is 5.42. The van der Waals surface area contributed by atoms with E-state index in [2.05, 4.69) is 5.32 Å². The Kier molecular flexibility index (Phi) is 3.71. The van der Waals surface area contributed by atoms with Gasteiger partial charge in [-0.3, -0.25) is 14.2 Å². The highest BCUT2D eigenvalue weighted by Gasteiger charge is 2.51. The fourth-order valence-corrected chi connectivity index (χ4v) is 4.20. The van der Waals surface area contributed by atoms with Gasteiger partial charge < -0.3 is 14.6 Å². The number of aryl methyl sites for hydroxylation is 1. The van der Waals surface area contributed by atoms with Gasteiger partial charge in [-0.1, -0.05) is 6.07 Å². The van der Waals surface area contributed by atoms with Gasteiger partial charge in [0.15, 0.2) is 5.58 Å². The minimum atomic E-state index is -0.470. The molecular formula is C19H23N3O4. The molecule has 2 fully saturated rings. The van der Waals surface area contributed by atoms with Gasteiger partial charge in [-0.05, 0) is 44.7 Å². The lowest BCUT2D eigenvalue weighted by Gasteiger charge is -2.50. The molecule has 7 nitrogen and oxygen atoms in total. The minimum absolute atomic E-state index is 0.104. The molecule has 1 aromatic heterocycles. The van der Waals surface area contributed by atoms with Gasteiger partial charge in [-0.2, -0.15) is 0 Å². The van der Waals surface area contributed by atoms with Crippen molar-refractivity contribution in [1.29, 1.82) is 0 Å². The molecule has 1 N–H and O–H groups in total. The number of aromatic nitrogens is 1. The second-order valence-electron chi connectivity index (χ2n) is 7.88. The lowest BCUT2D eigenvalue weighted by Crippen LogP contribution is -2.68. The van der Waals surface area contributed by atoms with Crippen molar-refractivity contribution in [3.8, 4) is 0 Å². The Morgan fingerprint density at radius 1 is 1.23 bits per heavy atom. The third-order valence-corrected chi connectivity index (χ3v) is 6.00. The van der Waals surface area contributed by atoms with Crippen molar-refractivity contribution < 1.29 is 14.0 Å². The Hall–Kier alpha value is -2.57. The molecule has 1 unspecified atom stereocenters. The molecule has 1 atom stereocenters. The number of para-hydroxylation sites is 1. The van der Waals surface area contributed by atoms with Gasteiger partial charge in [0, 0.05) is 26.2 Å². The van der Waals surface area contributed by atoms with E-state index in [1.165, 1.54) is 4.57 Å². The molecule has 0 aliphatic carbocycles. The first-order valence-corrected chi connectivity index (χ1v) is 8.99. The van der Waals surface area contributed by atoms with Crippen molar-refractivity contribution >= 4 is 22.9 Å². The van der Waals surface area contributed by atoms with Crippen LogP contribution in [-0.4, -0.2) is 40.4 Å². The number of likely N-dealkylation sites (tertiary alicyclic amines) is 1. The number of hydrogen-bond donors (Lipinski definition) is 1. The van der Waals surface area contributed by atoms with Gasteiger partial charge in [0.05, 0.1) is 16.5 Å². The highest BCUT2D eigenvalue weighted by Crippen LogP contribution is 2.38. The van der Waals surface area contributed by atoms with Crippen LogP contribution in [0.15, 0.2) is 27.4 Å². The molecule has 2 aliphatic heterocycles. The number of benzene rings is 1. The maximum absolute atomic E-state index is 13.0. The molecule has 2 aromatic rings. The summed E-state index contributed by atoms with van der Waals surface area (Å²) < 4.78 is 6.68. The molecule has 138 valence electrons. The molecular weight excluding hydrogens is 334 g/mol. The quantitative estimate of drug-likeness (QED) is 0.826. The molecule has 2 saturated heterocycles. The Labute approximate surface area is 150 Å². The van der Waals surface area contributed by atoms with Gasteiger partial charge in [-0.15, -0.1) is 0 Å². The van der Waals surface area contributed by atoms with Crippen LogP contribution in [0.2, 0.25) is 0 Å². The average molecular weight is 357 g/mol. The normalized spacial score (nSPS) is 23.0. The van der Waals surface area contributed by atoms with E-state index in [1.807, 2.05) is 18.7 Å². The molecule has 0 radical (unpaired) electrons. The van der Waals surface area contributed by atoms with E-state index in [0.29, 0.717) is 35.7 Å². The van der Waals surface area contributed by atoms with Crippen LogP contribution in [0.3, 0.4) is 0 Å². The highest BCUT2D eigenvalue weighted by molar-refractivity contribution is 6.04. The van der Waals surface area contributed by atoms with Crippen LogP contribution in [0.25, 0.3) is 11.1 Å². The first-order chi connectivity index (χ1) is 12.3. The summed E-state index contributed by atoms with van der Waals surface area (Å²) in [4.78, 5) is 38.2.